The lowest BCUT2D eigenvalue weighted by Crippen LogP contribution is -2.33. The van der Waals surface area contributed by atoms with E-state index in [1.54, 1.807) is 7.11 Å². The summed E-state index contributed by atoms with van der Waals surface area (Å²) in [5, 5.41) is 9.14. The predicted octanol–water partition coefficient (Wildman–Crippen LogP) is 3.72. The molecule has 0 fully saturated rings. The molecular weight excluding hydrogens is 262 g/mol. The first-order valence-electron chi connectivity index (χ1n) is 7.96. The molecule has 0 bridgehead atoms. The van der Waals surface area contributed by atoms with Crippen LogP contribution in [0.15, 0.2) is 12.1 Å². The number of nitrogens with zero attached hydrogens (tertiary/aromatic N) is 1. The van der Waals surface area contributed by atoms with Crippen LogP contribution in [-0.2, 0) is 6.54 Å². The minimum Gasteiger partial charge on any atom is -0.496 e. The van der Waals surface area contributed by atoms with E-state index in [0.717, 1.165) is 25.3 Å². The number of hydrogen-bond acceptors (Lipinski definition) is 3. The zero-order valence-corrected chi connectivity index (χ0v) is 14.4. The summed E-state index contributed by atoms with van der Waals surface area (Å²) < 4.78 is 5.51. The predicted molar refractivity (Wildman–Crippen MR) is 89.1 cm³/mol. The Balaban J connectivity index is 3.04. The van der Waals surface area contributed by atoms with Gasteiger partial charge in [0.15, 0.2) is 0 Å². The first-order chi connectivity index (χ1) is 9.94. The van der Waals surface area contributed by atoms with Gasteiger partial charge in [0.1, 0.15) is 5.75 Å². The number of methoxy groups -OCH3 is 1. The van der Waals surface area contributed by atoms with E-state index in [9.17, 15) is 0 Å². The van der Waals surface area contributed by atoms with Crippen LogP contribution in [0.5, 0.6) is 5.75 Å². The first kappa shape index (κ1) is 18.0. The molecule has 0 amide bonds. The molecule has 3 nitrogen and oxygen atoms in total. The zero-order valence-electron chi connectivity index (χ0n) is 14.4. The fourth-order valence-electron chi connectivity index (χ4n) is 2.71. The molecule has 0 heterocycles. The second-order valence-electron chi connectivity index (χ2n) is 6.10. The summed E-state index contributed by atoms with van der Waals surface area (Å²) in [7, 11) is 1.74. The Morgan fingerprint density at radius 2 is 1.90 bits per heavy atom. The van der Waals surface area contributed by atoms with Gasteiger partial charge in [-0.05, 0) is 55.5 Å². The fraction of sp³-hybridized carbons (Fsp3) is 0.667. The van der Waals surface area contributed by atoms with Crippen LogP contribution in [0.1, 0.15) is 56.7 Å². The summed E-state index contributed by atoms with van der Waals surface area (Å²) in [5.41, 5.74) is 3.89. The topological polar surface area (TPSA) is 32.7 Å². The summed E-state index contributed by atoms with van der Waals surface area (Å²) in [6.07, 6.45) is 0.820. The third-order valence-corrected chi connectivity index (χ3v) is 4.26. The molecule has 0 saturated carbocycles. The molecule has 1 unspecified atom stereocenters. The van der Waals surface area contributed by atoms with Crippen molar-refractivity contribution in [2.45, 2.75) is 59.5 Å². The van der Waals surface area contributed by atoms with E-state index in [0.29, 0.717) is 12.0 Å². The Morgan fingerprint density at radius 1 is 1.24 bits per heavy atom. The highest BCUT2D eigenvalue weighted by Gasteiger charge is 2.16. The smallest absolute Gasteiger partial charge is 0.122 e. The molecule has 0 aliphatic heterocycles. The number of aryl methyl sites for hydroxylation is 1. The highest BCUT2D eigenvalue weighted by molar-refractivity contribution is 5.43. The van der Waals surface area contributed by atoms with E-state index in [4.69, 9.17) is 9.84 Å². The summed E-state index contributed by atoms with van der Waals surface area (Å²) in [6, 6.07) is 4.83. The van der Waals surface area contributed by atoms with Gasteiger partial charge in [-0.2, -0.15) is 0 Å². The maximum absolute atomic E-state index is 9.14. The molecule has 0 aromatic heterocycles. The van der Waals surface area contributed by atoms with Crippen molar-refractivity contribution in [2.24, 2.45) is 0 Å². The zero-order chi connectivity index (χ0) is 16.0. The van der Waals surface area contributed by atoms with Crippen LogP contribution in [0.4, 0.5) is 0 Å². The molecular formula is C18H31NO2. The van der Waals surface area contributed by atoms with Gasteiger partial charge < -0.3 is 9.84 Å². The van der Waals surface area contributed by atoms with E-state index >= 15 is 0 Å². The summed E-state index contributed by atoms with van der Waals surface area (Å²) in [4.78, 5) is 2.41. The van der Waals surface area contributed by atoms with E-state index in [-0.39, 0.29) is 6.61 Å². The van der Waals surface area contributed by atoms with Gasteiger partial charge in [0.2, 0.25) is 0 Å². The SMILES string of the molecule is CCN(Cc1cc(C(C)C)c(OC)cc1C)C(C)CCO. The average molecular weight is 293 g/mol. The van der Waals surface area contributed by atoms with Crippen LogP contribution in [0.25, 0.3) is 0 Å². The second kappa shape index (κ2) is 8.40. The lowest BCUT2D eigenvalue weighted by molar-refractivity contribution is 0.167. The van der Waals surface area contributed by atoms with Crippen molar-refractivity contribution in [2.75, 3.05) is 20.3 Å². The van der Waals surface area contributed by atoms with Gasteiger partial charge in [0.05, 0.1) is 7.11 Å². The molecule has 120 valence electrons. The van der Waals surface area contributed by atoms with Crippen LogP contribution in [0, 0.1) is 6.92 Å². The van der Waals surface area contributed by atoms with Gasteiger partial charge in [0.25, 0.3) is 0 Å². The Labute approximate surface area is 129 Å². The Morgan fingerprint density at radius 3 is 2.38 bits per heavy atom. The van der Waals surface area contributed by atoms with Crippen LogP contribution in [-0.4, -0.2) is 36.3 Å². The monoisotopic (exact) mass is 293 g/mol. The van der Waals surface area contributed by atoms with E-state index in [2.05, 4.69) is 51.7 Å². The van der Waals surface area contributed by atoms with E-state index in [1.165, 1.54) is 16.7 Å². The highest BCUT2D eigenvalue weighted by atomic mass is 16.5. The number of benzene rings is 1. The van der Waals surface area contributed by atoms with Crippen molar-refractivity contribution in [3.05, 3.63) is 28.8 Å². The van der Waals surface area contributed by atoms with Gasteiger partial charge in [-0.15, -0.1) is 0 Å². The van der Waals surface area contributed by atoms with Crippen LogP contribution in [0.2, 0.25) is 0 Å². The number of aliphatic hydroxyl groups is 1. The summed E-state index contributed by atoms with van der Waals surface area (Å²) >= 11 is 0. The standard InChI is InChI=1S/C18H31NO2/c1-7-19(15(5)8-9-20)12-16-11-17(13(2)3)18(21-6)10-14(16)4/h10-11,13,15,20H,7-9,12H2,1-6H3. The molecule has 1 rings (SSSR count). The van der Waals surface area contributed by atoms with Gasteiger partial charge >= 0.3 is 0 Å². The van der Waals surface area contributed by atoms with Crippen LogP contribution in [0.3, 0.4) is 0 Å². The molecule has 21 heavy (non-hydrogen) atoms. The molecule has 1 aromatic rings. The van der Waals surface area contributed by atoms with Crippen molar-refractivity contribution < 1.29 is 9.84 Å². The minimum atomic E-state index is 0.247. The largest absolute Gasteiger partial charge is 0.496 e. The molecule has 1 N–H and O–H groups in total. The maximum Gasteiger partial charge on any atom is 0.122 e. The molecule has 3 heteroatoms. The summed E-state index contributed by atoms with van der Waals surface area (Å²) in [6.45, 7) is 13.1. The molecule has 0 aliphatic carbocycles. The molecule has 0 saturated heterocycles. The Bertz CT molecular complexity index is 443. The van der Waals surface area contributed by atoms with Crippen molar-refractivity contribution in [3.63, 3.8) is 0 Å². The van der Waals surface area contributed by atoms with Crippen LogP contribution < -0.4 is 4.74 Å². The first-order valence-corrected chi connectivity index (χ1v) is 7.96. The van der Waals surface area contributed by atoms with Gasteiger partial charge in [0, 0.05) is 19.2 Å². The normalized spacial score (nSPS) is 13.0. The average Bonchev–Trinajstić information content (AvgIpc) is 2.45. The molecule has 1 aromatic carbocycles. The molecule has 0 spiro atoms. The lowest BCUT2D eigenvalue weighted by Gasteiger charge is -2.28. The number of hydrogen-bond donors (Lipinski definition) is 1. The Kier molecular flexibility index (Phi) is 7.20. The fourth-order valence-corrected chi connectivity index (χ4v) is 2.71. The third kappa shape index (κ3) is 4.72. The third-order valence-electron chi connectivity index (χ3n) is 4.26. The molecule has 0 aliphatic rings. The quantitative estimate of drug-likeness (QED) is 0.793. The molecule has 1 atom stereocenters. The number of aliphatic hydroxyl groups excluding tert-OH is 1. The van der Waals surface area contributed by atoms with Crippen LogP contribution >= 0.6 is 0 Å². The molecule has 0 radical (unpaired) electrons. The van der Waals surface area contributed by atoms with E-state index < -0.39 is 0 Å². The van der Waals surface area contributed by atoms with Crippen molar-refractivity contribution >= 4 is 0 Å². The van der Waals surface area contributed by atoms with E-state index in [1.807, 2.05) is 0 Å². The number of rotatable bonds is 8. The summed E-state index contributed by atoms with van der Waals surface area (Å²) in [5.74, 6) is 1.43. The van der Waals surface area contributed by atoms with Gasteiger partial charge in [-0.3, -0.25) is 4.90 Å². The van der Waals surface area contributed by atoms with Crippen molar-refractivity contribution in [3.8, 4) is 5.75 Å². The van der Waals surface area contributed by atoms with Gasteiger partial charge in [-0.1, -0.05) is 26.8 Å². The lowest BCUT2D eigenvalue weighted by atomic mass is 9.96. The van der Waals surface area contributed by atoms with Gasteiger partial charge in [-0.25, -0.2) is 0 Å². The Hall–Kier alpha value is -1.06. The number of ether oxygens (including phenoxy) is 1. The highest BCUT2D eigenvalue weighted by Crippen LogP contribution is 2.30. The maximum atomic E-state index is 9.14. The second-order valence-corrected chi connectivity index (χ2v) is 6.10. The van der Waals surface area contributed by atoms with Crippen molar-refractivity contribution in [1.82, 2.24) is 4.90 Å². The minimum absolute atomic E-state index is 0.247. The van der Waals surface area contributed by atoms with Crippen molar-refractivity contribution in [1.29, 1.82) is 0 Å².